The summed E-state index contributed by atoms with van der Waals surface area (Å²) in [6.07, 6.45) is 2.77. The molecule has 2 aromatic heterocycles. The molecule has 0 bridgehead atoms. The van der Waals surface area contributed by atoms with Crippen LogP contribution in [0.15, 0.2) is 39.3 Å². The van der Waals surface area contributed by atoms with Crippen LogP contribution in [-0.4, -0.2) is 13.4 Å². The molecular formula is C10H9BrN2O2S2. The van der Waals surface area contributed by atoms with Crippen molar-refractivity contribution in [2.24, 2.45) is 0 Å². The number of sulfone groups is 1. The molecular weight excluding hydrogens is 324 g/mol. The van der Waals surface area contributed by atoms with Gasteiger partial charge >= 0.3 is 0 Å². The van der Waals surface area contributed by atoms with E-state index in [0.717, 1.165) is 9.35 Å². The van der Waals surface area contributed by atoms with E-state index in [1.54, 1.807) is 0 Å². The van der Waals surface area contributed by atoms with Crippen LogP contribution in [0.5, 0.6) is 0 Å². The maximum Gasteiger partial charge on any atom is 0.185 e. The molecule has 0 saturated heterocycles. The van der Waals surface area contributed by atoms with Crippen LogP contribution in [0.3, 0.4) is 0 Å². The molecule has 0 saturated carbocycles. The van der Waals surface area contributed by atoms with E-state index in [0.29, 0.717) is 0 Å². The van der Waals surface area contributed by atoms with Crippen LogP contribution >= 0.6 is 27.3 Å². The lowest BCUT2D eigenvalue weighted by Gasteiger charge is -2.05. The average Bonchev–Trinajstić information content (AvgIpc) is 2.64. The van der Waals surface area contributed by atoms with Crippen molar-refractivity contribution in [3.05, 3.63) is 39.3 Å². The second-order valence-corrected chi connectivity index (χ2v) is 7.18. The minimum Gasteiger partial charge on any atom is -0.396 e. The van der Waals surface area contributed by atoms with Crippen LogP contribution in [0, 0.1) is 0 Å². The van der Waals surface area contributed by atoms with Crippen molar-refractivity contribution in [2.75, 3.05) is 5.73 Å². The van der Waals surface area contributed by atoms with Gasteiger partial charge in [0.1, 0.15) is 0 Å². The van der Waals surface area contributed by atoms with Crippen molar-refractivity contribution < 1.29 is 8.42 Å². The zero-order chi connectivity index (χ0) is 12.5. The number of thiophene rings is 1. The van der Waals surface area contributed by atoms with Gasteiger partial charge in [-0.05, 0) is 33.4 Å². The third-order valence-corrected chi connectivity index (χ3v) is 5.98. The normalized spacial score (nSPS) is 11.6. The summed E-state index contributed by atoms with van der Waals surface area (Å²) < 4.78 is 25.1. The van der Waals surface area contributed by atoms with Crippen molar-refractivity contribution in [3.8, 4) is 0 Å². The van der Waals surface area contributed by atoms with Gasteiger partial charge in [0.15, 0.2) is 9.84 Å². The van der Waals surface area contributed by atoms with Gasteiger partial charge in [-0.15, -0.1) is 11.3 Å². The highest BCUT2D eigenvalue weighted by molar-refractivity contribution is 9.10. The van der Waals surface area contributed by atoms with Crippen LogP contribution in [0.2, 0.25) is 0 Å². The number of aromatic nitrogens is 1. The van der Waals surface area contributed by atoms with Crippen molar-refractivity contribution in [3.63, 3.8) is 0 Å². The third-order valence-electron chi connectivity index (χ3n) is 2.16. The molecule has 2 heterocycles. The molecule has 7 heteroatoms. The van der Waals surface area contributed by atoms with E-state index < -0.39 is 9.84 Å². The van der Waals surface area contributed by atoms with E-state index in [1.807, 2.05) is 11.4 Å². The lowest BCUT2D eigenvalue weighted by atomic mass is 10.4. The average molecular weight is 333 g/mol. The summed E-state index contributed by atoms with van der Waals surface area (Å²) in [5, 5.41) is 1.84. The van der Waals surface area contributed by atoms with Gasteiger partial charge in [0.25, 0.3) is 0 Å². The van der Waals surface area contributed by atoms with Gasteiger partial charge < -0.3 is 5.73 Å². The Hall–Kier alpha value is -0.920. The van der Waals surface area contributed by atoms with Crippen LogP contribution in [0.4, 0.5) is 5.69 Å². The lowest BCUT2D eigenvalue weighted by molar-refractivity contribution is 0.596. The minimum atomic E-state index is -3.42. The Labute approximate surface area is 112 Å². The first kappa shape index (κ1) is 12.5. The molecule has 0 aliphatic heterocycles. The Morgan fingerprint density at radius 3 is 2.76 bits per heavy atom. The first-order chi connectivity index (χ1) is 8.00. The summed E-state index contributed by atoms with van der Waals surface area (Å²) in [4.78, 5) is 4.67. The second kappa shape index (κ2) is 4.75. The van der Waals surface area contributed by atoms with Crippen LogP contribution < -0.4 is 5.73 Å². The van der Waals surface area contributed by atoms with E-state index in [2.05, 4.69) is 20.9 Å². The van der Waals surface area contributed by atoms with E-state index in [4.69, 9.17) is 5.73 Å². The molecule has 17 heavy (non-hydrogen) atoms. The monoisotopic (exact) mass is 332 g/mol. The maximum atomic E-state index is 12.2. The van der Waals surface area contributed by atoms with Crippen molar-refractivity contribution in [1.29, 1.82) is 0 Å². The molecule has 0 aromatic carbocycles. The largest absolute Gasteiger partial charge is 0.396 e. The van der Waals surface area contributed by atoms with Gasteiger partial charge in [-0.1, -0.05) is 0 Å². The SMILES string of the molecule is Nc1cnccc1S(=O)(=O)Cc1sccc1Br. The van der Waals surface area contributed by atoms with Gasteiger partial charge in [-0.3, -0.25) is 4.98 Å². The maximum absolute atomic E-state index is 12.2. The second-order valence-electron chi connectivity index (χ2n) is 3.36. The highest BCUT2D eigenvalue weighted by Crippen LogP contribution is 2.28. The van der Waals surface area contributed by atoms with E-state index in [9.17, 15) is 8.42 Å². The van der Waals surface area contributed by atoms with Gasteiger partial charge in [0.05, 0.1) is 22.5 Å². The molecule has 0 fully saturated rings. The Morgan fingerprint density at radius 1 is 1.41 bits per heavy atom. The Balaban J connectivity index is 2.39. The van der Waals surface area contributed by atoms with Gasteiger partial charge in [-0.25, -0.2) is 8.42 Å². The highest BCUT2D eigenvalue weighted by Gasteiger charge is 2.20. The minimum absolute atomic E-state index is 0.0561. The van der Waals surface area contributed by atoms with Gasteiger partial charge in [0.2, 0.25) is 0 Å². The molecule has 0 spiro atoms. The molecule has 2 N–H and O–H groups in total. The topological polar surface area (TPSA) is 73.0 Å². The Morgan fingerprint density at radius 2 is 2.18 bits per heavy atom. The van der Waals surface area contributed by atoms with Gasteiger partial charge in [0, 0.05) is 15.5 Å². The summed E-state index contributed by atoms with van der Waals surface area (Å²) in [6.45, 7) is 0. The molecule has 0 unspecified atom stereocenters. The molecule has 0 aliphatic carbocycles. The summed E-state index contributed by atoms with van der Waals surface area (Å²) in [5.74, 6) is -0.0561. The number of halogens is 1. The van der Waals surface area contributed by atoms with Gasteiger partial charge in [-0.2, -0.15) is 0 Å². The fraction of sp³-hybridized carbons (Fsp3) is 0.100. The molecule has 0 aliphatic rings. The quantitative estimate of drug-likeness (QED) is 0.936. The summed E-state index contributed by atoms with van der Waals surface area (Å²) in [6, 6.07) is 3.25. The fourth-order valence-electron chi connectivity index (χ4n) is 1.36. The Bertz CT molecular complexity index is 637. The molecule has 0 atom stereocenters. The number of pyridine rings is 1. The molecule has 2 aromatic rings. The zero-order valence-corrected chi connectivity index (χ0v) is 11.8. The van der Waals surface area contributed by atoms with Crippen molar-refractivity contribution in [2.45, 2.75) is 10.6 Å². The van der Waals surface area contributed by atoms with Crippen LogP contribution in [0.1, 0.15) is 4.88 Å². The number of nitrogens with zero attached hydrogens (tertiary/aromatic N) is 1. The van der Waals surface area contributed by atoms with E-state index >= 15 is 0 Å². The number of nitrogen functional groups attached to an aromatic ring is 1. The van der Waals surface area contributed by atoms with E-state index in [1.165, 1.54) is 29.8 Å². The predicted molar refractivity (Wildman–Crippen MR) is 71.6 cm³/mol. The first-order valence-electron chi connectivity index (χ1n) is 4.65. The molecule has 0 amide bonds. The summed E-state index contributed by atoms with van der Waals surface area (Å²) >= 11 is 4.71. The number of anilines is 1. The van der Waals surface area contributed by atoms with Crippen molar-refractivity contribution >= 4 is 42.8 Å². The molecule has 0 radical (unpaired) electrons. The number of rotatable bonds is 3. The van der Waals surface area contributed by atoms with Crippen LogP contribution in [-0.2, 0) is 15.6 Å². The highest BCUT2D eigenvalue weighted by atomic mass is 79.9. The molecule has 2 rings (SSSR count). The zero-order valence-electron chi connectivity index (χ0n) is 8.63. The standard InChI is InChI=1S/C10H9BrN2O2S2/c11-7-2-4-16-9(7)6-17(14,15)10-1-3-13-5-8(10)12/h1-5H,6,12H2. The lowest BCUT2D eigenvalue weighted by Crippen LogP contribution is -2.07. The number of nitrogens with two attached hydrogens (primary N) is 1. The summed E-state index contributed by atoms with van der Waals surface area (Å²) in [5.41, 5.74) is 5.80. The number of hydrogen-bond acceptors (Lipinski definition) is 5. The number of hydrogen-bond donors (Lipinski definition) is 1. The predicted octanol–water partition coefficient (Wildman–Crippen LogP) is 2.46. The first-order valence-corrected chi connectivity index (χ1v) is 7.97. The van der Waals surface area contributed by atoms with Crippen LogP contribution in [0.25, 0.3) is 0 Å². The summed E-state index contributed by atoms with van der Waals surface area (Å²) in [7, 11) is -3.42. The Kier molecular flexibility index (Phi) is 3.50. The van der Waals surface area contributed by atoms with E-state index in [-0.39, 0.29) is 16.3 Å². The van der Waals surface area contributed by atoms with Crippen molar-refractivity contribution in [1.82, 2.24) is 4.98 Å². The molecule has 4 nitrogen and oxygen atoms in total. The smallest absolute Gasteiger partial charge is 0.185 e. The third kappa shape index (κ3) is 2.67. The molecule has 90 valence electrons. The fourth-order valence-corrected chi connectivity index (χ4v) is 4.89.